The fourth-order valence-electron chi connectivity index (χ4n) is 3.63. The molecule has 1 unspecified atom stereocenters. The summed E-state index contributed by atoms with van der Waals surface area (Å²) in [5.41, 5.74) is 1.92. The van der Waals surface area contributed by atoms with Gasteiger partial charge in [0, 0.05) is 30.4 Å². The lowest BCUT2D eigenvalue weighted by atomic mass is 10.0. The number of hydrogen-bond donors (Lipinski definition) is 1. The Bertz CT molecular complexity index is 870. The quantitative estimate of drug-likeness (QED) is 0.764. The minimum Gasteiger partial charge on any atom is -0.381 e. The lowest BCUT2D eigenvalue weighted by Gasteiger charge is -2.34. The van der Waals surface area contributed by atoms with Gasteiger partial charge in [-0.25, -0.2) is 0 Å². The molecule has 1 aliphatic heterocycles. The van der Waals surface area contributed by atoms with Crippen LogP contribution in [0.2, 0.25) is 0 Å². The smallest absolute Gasteiger partial charge is 0.254 e. The number of rotatable bonds is 3. The topological polar surface area (TPSA) is 32.3 Å². The molecule has 1 aliphatic rings. The molecule has 3 nitrogen and oxygen atoms in total. The molecule has 4 rings (SSSR count). The molecule has 0 radical (unpaired) electrons. The van der Waals surface area contributed by atoms with Crippen LogP contribution in [0, 0.1) is 0 Å². The maximum absolute atomic E-state index is 13.1. The van der Waals surface area contributed by atoms with Gasteiger partial charge in [0.2, 0.25) is 0 Å². The molecule has 1 heterocycles. The number of fused-ring (bicyclic) bond motifs is 1. The van der Waals surface area contributed by atoms with Crippen LogP contribution in [-0.4, -0.2) is 29.9 Å². The molecule has 0 saturated carbocycles. The van der Waals surface area contributed by atoms with Gasteiger partial charge in [-0.3, -0.25) is 4.79 Å². The van der Waals surface area contributed by atoms with Gasteiger partial charge in [-0.15, -0.1) is 0 Å². The van der Waals surface area contributed by atoms with Crippen molar-refractivity contribution in [1.29, 1.82) is 0 Å². The molecule has 1 atom stereocenters. The largest absolute Gasteiger partial charge is 0.381 e. The molecular formula is C22H22N2O. The highest BCUT2D eigenvalue weighted by Crippen LogP contribution is 2.23. The average molecular weight is 330 g/mol. The number of carbonyl (C=O) groups excluding carboxylic acids is 1. The van der Waals surface area contributed by atoms with Crippen molar-refractivity contribution in [3.63, 3.8) is 0 Å². The van der Waals surface area contributed by atoms with Crippen LogP contribution in [0.5, 0.6) is 0 Å². The summed E-state index contributed by atoms with van der Waals surface area (Å²) in [6.45, 7) is 1.58. The predicted octanol–water partition coefficient (Wildman–Crippen LogP) is 4.56. The zero-order chi connectivity index (χ0) is 17.1. The van der Waals surface area contributed by atoms with Crippen LogP contribution < -0.4 is 5.32 Å². The van der Waals surface area contributed by atoms with E-state index in [1.807, 2.05) is 53.4 Å². The van der Waals surface area contributed by atoms with Crippen molar-refractivity contribution in [2.24, 2.45) is 0 Å². The van der Waals surface area contributed by atoms with Crippen molar-refractivity contribution in [1.82, 2.24) is 4.90 Å². The maximum atomic E-state index is 13.1. The minimum absolute atomic E-state index is 0.136. The van der Waals surface area contributed by atoms with Crippen molar-refractivity contribution < 1.29 is 4.79 Å². The number of piperidine rings is 1. The van der Waals surface area contributed by atoms with E-state index in [0.717, 1.165) is 48.0 Å². The zero-order valence-electron chi connectivity index (χ0n) is 14.2. The molecule has 1 N–H and O–H groups in total. The van der Waals surface area contributed by atoms with E-state index in [1.165, 1.54) is 0 Å². The number of nitrogens with one attached hydrogen (secondary N) is 1. The summed E-state index contributed by atoms with van der Waals surface area (Å²) >= 11 is 0. The monoisotopic (exact) mass is 330 g/mol. The lowest BCUT2D eigenvalue weighted by Crippen LogP contribution is -2.45. The Labute approximate surface area is 148 Å². The number of benzene rings is 3. The summed E-state index contributed by atoms with van der Waals surface area (Å²) in [6, 6.07) is 24.6. The Morgan fingerprint density at radius 1 is 0.920 bits per heavy atom. The highest BCUT2D eigenvalue weighted by molar-refractivity contribution is 6.07. The summed E-state index contributed by atoms with van der Waals surface area (Å²) < 4.78 is 0. The standard InChI is InChI=1S/C22H22N2O/c25-22(21-14-6-9-17-8-4-5-13-20(17)21)24-15-7-12-19(16-24)23-18-10-2-1-3-11-18/h1-6,8-11,13-14,19,23H,7,12,15-16H2. The summed E-state index contributed by atoms with van der Waals surface area (Å²) in [5, 5.41) is 5.71. The number of likely N-dealkylation sites (tertiary alicyclic amines) is 1. The number of nitrogens with zero attached hydrogens (tertiary/aromatic N) is 1. The third-order valence-electron chi connectivity index (χ3n) is 4.87. The molecule has 1 amide bonds. The van der Waals surface area contributed by atoms with E-state index in [-0.39, 0.29) is 5.91 Å². The third-order valence-corrected chi connectivity index (χ3v) is 4.87. The molecule has 3 heteroatoms. The summed E-state index contributed by atoms with van der Waals surface area (Å²) in [5.74, 6) is 0.136. The zero-order valence-corrected chi connectivity index (χ0v) is 14.2. The van der Waals surface area contributed by atoms with Crippen LogP contribution in [0.4, 0.5) is 5.69 Å². The molecule has 25 heavy (non-hydrogen) atoms. The van der Waals surface area contributed by atoms with Crippen LogP contribution in [-0.2, 0) is 0 Å². The van der Waals surface area contributed by atoms with Crippen molar-refractivity contribution in [2.75, 3.05) is 18.4 Å². The van der Waals surface area contributed by atoms with E-state index in [9.17, 15) is 4.79 Å². The van der Waals surface area contributed by atoms with Crippen LogP contribution in [0.3, 0.4) is 0 Å². The van der Waals surface area contributed by atoms with Crippen molar-refractivity contribution in [3.05, 3.63) is 78.4 Å². The van der Waals surface area contributed by atoms with Gasteiger partial charge in [0.05, 0.1) is 0 Å². The van der Waals surface area contributed by atoms with Crippen LogP contribution in [0.1, 0.15) is 23.2 Å². The summed E-state index contributed by atoms with van der Waals surface area (Å²) in [7, 11) is 0. The van der Waals surface area contributed by atoms with Gasteiger partial charge >= 0.3 is 0 Å². The fraction of sp³-hybridized carbons (Fsp3) is 0.227. The lowest BCUT2D eigenvalue weighted by molar-refractivity contribution is 0.0717. The van der Waals surface area contributed by atoms with Gasteiger partial charge in [0.25, 0.3) is 5.91 Å². The first-order valence-corrected chi connectivity index (χ1v) is 8.90. The Morgan fingerprint density at radius 2 is 1.68 bits per heavy atom. The van der Waals surface area contributed by atoms with Gasteiger partial charge in [-0.2, -0.15) is 0 Å². The SMILES string of the molecule is O=C(c1cccc2ccccc12)N1CCCC(Nc2ccccc2)C1. The Kier molecular flexibility index (Phi) is 4.38. The van der Waals surface area contributed by atoms with E-state index >= 15 is 0 Å². The van der Waals surface area contributed by atoms with E-state index in [2.05, 4.69) is 29.6 Å². The maximum Gasteiger partial charge on any atom is 0.254 e. The van der Waals surface area contributed by atoms with E-state index in [1.54, 1.807) is 0 Å². The van der Waals surface area contributed by atoms with Gasteiger partial charge in [-0.05, 0) is 41.8 Å². The highest BCUT2D eigenvalue weighted by atomic mass is 16.2. The highest BCUT2D eigenvalue weighted by Gasteiger charge is 2.25. The first-order valence-electron chi connectivity index (χ1n) is 8.90. The third kappa shape index (κ3) is 3.36. The number of hydrogen-bond acceptors (Lipinski definition) is 2. The second-order valence-electron chi connectivity index (χ2n) is 6.63. The number of para-hydroxylation sites is 1. The number of amides is 1. The van der Waals surface area contributed by atoms with Crippen molar-refractivity contribution >= 4 is 22.4 Å². The Hall–Kier alpha value is -2.81. The minimum atomic E-state index is 0.136. The molecule has 3 aromatic rings. The van der Waals surface area contributed by atoms with E-state index in [4.69, 9.17) is 0 Å². The van der Waals surface area contributed by atoms with Crippen molar-refractivity contribution in [3.8, 4) is 0 Å². The molecule has 0 aromatic heterocycles. The second kappa shape index (κ2) is 6.98. The van der Waals surface area contributed by atoms with E-state index < -0.39 is 0 Å². The van der Waals surface area contributed by atoms with Crippen LogP contribution in [0.15, 0.2) is 72.8 Å². The second-order valence-corrected chi connectivity index (χ2v) is 6.63. The fourth-order valence-corrected chi connectivity index (χ4v) is 3.63. The number of carbonyl (C=O) groups is 1. The molecule has 0 bridgehead atoms. The van der Waals surface area contributed by atoms with Gasteiger partial charge in [0.1, 0.15) is 0 Å². The molecule has 126 valence electrons. The van der Waals surface area contributed by atoms with E-state index in [0.29, 0.717) is 6.04 Å². The summed E-state index contributed by atoms with van der Waals surface area (Å²) in [4.78, 5) is 15.1. The summed E-state index contributed by atoms with van der Waals surface area (Å²) in [6.07, 6.45) is 2.12. The molecule has 1 fully saturated rings. The Morgan fingerprint density at radius 3 is 2.56 bits per heavy atom. The van der Waals surface area contributed by atoms with Crippen LogP contribution in [0.25, 0.3) is 10.8 Å². The molecule has 1 saturated heterocycles. The van der Waals surface area contributed by atoms with Gasteiger partial charge < -0.3 is 10.2 Å². The molecule has 0 aliphatic carbocycles. The van der Waals surface area contributed by atoms with Crippen LogP contribution >= 0.6 is 0 Å². The Balaban J connectivity index is 1.53. The first kappa shape index (κ1) is 15.7. The molecule has 3 aromatic carbocycles. The number of anilines is 1. The molecular weight excluding hydrogens is 308 g/mol. The molecule has 0 spiro atoms. The normalized spacial score (nSPS) is 17.4. The predicted molar refractivity (Wildman–Crippen MR) is 103 cm³/mol. The average Bonchev–Trinajstić information content (AvgIpc) is 2.68. The first-order chi connectivity index (χ1) is 12.3. The van der Waals surface area contributed by atoms with Gasteiger partial charge in [0.15, 0.2) is 0 Å². The van der Waals surface area contributed by atoms with Crippen molar-refractivity contribution in [2.45, 2.75) is 18.9 Å². The van der Waals surface area contributed by atoms with Gasteiger partial charge in [-0.1, -0.05) is 54.6 Å².